The molecule has 0 radical (unpaired) electrons. The van der Waals surface area contributed by atoms with Crippen molar-refractivity contribution in [2.75, 3.05) is 26.6 Å². The van der Waals surface area contributed by atoms with E-state index in [2.05, 4.69) is 15.3 Å². The lowest BCUT2D eigenvalue weighted by Gasteiger charge is -2.14. The van der Waals surface area contributed by atoms with Crippen LogP contribution in [0, 0.1) is 17.5 Å². The average Bonchev–Trinajstić information content (AvgIpc) is 3.77. The summed E-state index contributed by atoms with van der Waals surface area (Å²) in [6.45, 7) is 0. The van der Waals surface area contributed by atoms with E-state index in [4.69, 9.17) is 18.9 Å². The number of rotatable bonds is 8. The van der Waals surface area contributed by atoms with Crippen molar-refractivity contribution in [2.45, 2.75) is 18.9 Å². The molecule has 0 bridgehead atoms. The van der Waals surface area contributed by atoms with Crippen LogP contribution in [0.4, 0.5) is 18.9 Å². The summed E-state index contributed by atoms with van der Waals surface area (Å²) in [4.78, 5) is 18.5. The van der Waals surface area contributed by atoms with Gasteiger partial charge in [0.1, 0.15) is 11.5 Å². The van der Waals surface area contributed by atoms with Crippen molar-refractivity contribution in [3.05, 3.63) is 71.9 Å². The van der Waals surface area contributed by atoms with Crippen LogP contribution in [0.3, 0.4) is 0 Å². The number of benzene rings is 2. The molecule has 1 aliphatic carbocycles. The fourth-order valence-electron chi connectivity index (χ4n) is 3.46. The molecule has 5 rings (SSSR count). The second-order valence-corrected chi connectivity index (χ2v) is 8.10. The lowest BCUT2D eigenvalue weighted by molar-refractivity contribution is 0.111. The van der Waals surface area contributed by atoms with Crippen LogP contribution < -0.4 is 24.3 Å². The highest BCUT2D eigenvalue weighted by atomic mass is 19.2. The summed E-state index contributed by atoms with van der Waals surface area (Å²) in [5.74, 6) is -2.99. The number of hydrogen-bond donors (Lipinski definition) is 1. The average molecular weight is 527 g/mol. The van der Waals surface area contributed by atoms with Crippen LogP contribution in [0.15, 0.2) is 48.9 Å². The number of aromatic nitrogens is 2. The molecular weight excluding hydrogens is 503 g/mol. The van der Waals surface area contributed by atoms with Crippen molar-refractivity contribution in [3.8, 4) is 28.7 Å². The van der Waals surface area contributed by atoms with Crippen molar-refractivity contribution in [1.29, 1.82) is 0 Å². The van der Waals surface area contributed by atoms with Gasteiger partial charge in [0, 0.05) is 43.2 Å². The first-order chi connectivity index (χ1) is 18.4. The number of nitrogens with one attached hydrogen (secondary N) is 1. The molecule has 2 aromatic heterocycles. The molecule has 198 valence electrons. The predicted octanol–water partition coefficient (Wildman–Crippen LogP) is 5.94. The summed E-state index contributed by atoms with van der Waals surface area (Å²) in [5.41, 5.74) is 0.677. The molecule has 1 N–H and O–H groups in total. The standard InChI is InChI=1S/C18H15F3N2O3.C9H9NO2/c1-22-12-7-10(19)18(17(21)16(12)20)26-13-4-5-23-11-8-15(25-3)14(24-2)6-9(11)13;11-6-7-5-10-4-3-9(7)12-8-1-2-8/h4-8,22H,1-3H3;3-6,8H,1-2H2. The number of carbonyl (C=O) groups is 1. The Balaban J connectivity index is 0.000000232. The van der Waals surface area contributed by atoms with Gasteiger partial charge in [-0.2, -0.15) is 4.39 Å². The van der Waals surface area contributed by atoms with Crippen LogP contribution in [-0.2, 0) is 0 Å². The molecule has 4 aromatic rings. The fraction of sp³-hybridized carbons (Fsp3) is 0.222. The van der Waals surface area contributed by atoms with E-state index < -0.39 is 23.2 Å². The number of carbonyl (C=O) groups excluding carboxylic acids is 1. The second-order valence-electron chi connectivity index (χ2n) is 8.10. The Hall–Kier alpha value is -4.54. The maximum absolute atomic E-state index is 14.2. The van der Waals surface area contributed by atoms with Crippen molar-refractivity contribution >= 4 is 22.9 Å². The highest BCUT2D eigenvalue weighted by molar-refractivity contribution is 5.88. The first-order valence-corrected chi connectivity index (χ1v) is 11.5. The highest BCUT2D eigenvalue weighted by Gasteiger charge is 2.24. The molecule has 0 atom stereocenters. The third kappa shape index (κ3) is 5.72. The van der Waals surface area contributed by atoms with Crippen LogP contribution in [0.25, 0.3) is 10.9 Å². The summed E-state index contributed by atoms with van der Waals surface area (Å²) >= 11 is 0. The van der Waals surface area contributed by atoms with Crippen molar-refractivity contribution in [1.82, 2.24) is 9.97 Å². The van der Waals surface area contributed by atoms with Crippen LogP contribution in [0.1, 0.15) is 23.2 Å². The van der Waals surface area contributed by atoms with Gasteiger partial charge >= 0.3 is 0 Å². The van der Waals surface area contributed by atoms with Gasteiger partial charge in [0.05, 0.1) is 37.1 Å². The Bertz CT molecular complexity index is 1460. The third-order valence-electron chi connectivity index (χ3n) is 5.56. The number of halogens is 3. The van der Waals surface area contributed by atoms with Gasteiger partial charge in [-0.3, -0.25) is 14.8 Å². The summed E-state index contributed by atoms with van der Waals surface area (Å²) in [6.07, 6.45) is 7.84. The lowest BCUT2D eigenvalue weighted by atomic mass is 10.1. The number of methoxy groups -OCH3 is 2. The first kappa shape index (κ1) is 26.5. The van der Waals surface area contributed by atoms with E-state index in [0.29, 0.717) is 39.8 Å². The van der Waals surface area contributed by atoms with Gasteiger partial charge in [-0.1, -0.05) is 0 Å². The minimum atomic E-state index is -1.43. The lowest BCUT2D eigenvalue weighted by Crippen LogP contribution is -2.02. The van der Waals surface area contributed by atoms with Gasteiger partial charge in [-0.05, 0) is 31.0 Å². The van der Waals surface area contributed by atoms with E-state index in [1.807, 2.05) is 0 Å². The smallest absolute Gasteiger partial charge is 0.206 e. The molecule has 2 heterocycles. The number of fused-ring (bicyclic) bond motifs is 1. The molecule has 38 heavy (non-hydrogen) atoms. The molecule has 11 heteroatoms. The zero-order valence-corrected chi connectivity index (χ0v) is 20.8. The topological polar surface area (TPSA) is 91.8 Å². The molecule has 1 fully saturated rings. The Morgan fingerprint density at radius 2 is 1.66 bits per heavy atom. The number of hydrogen-bond acceptors (Lipinski definition) is 8. The number of pyridine rings is 2. The van der Waals surface area contributed by atoms with Crippen molar-refractivity contribution in [3.63, 3.8) is 0 Å². The molecule has 0 spiro atoms. The van der Waals surface area contributed by atoms with E-state index in [9.17, 15) is 18.0 Å². The van der Waals surface area contributed by atoms with E-state index in [-0.39, 0.29) is 11.4 Å². The Kier molecular flexibility index (Phi) is 8.15. The van der Waals surface area contributed by atoms with E-state index in [1.165, 1.54) is 39.7 Å². The molecule has 0 aliphatic heterocycles. The third-order valence-corrected chi connectivity index (χ3v) is 5.56. The molecule has 2 aromatic carbocycles. The SMILES string of the molecule is CNc1cc(F)c(Oc2ccnc3cc(OC)c(OC)cc23)c(F)c1F.O=Cc1cnccc1OC1CC1. The van der Waals surface area contributed by atoms with Gasteiger partial charge in [0.2, 0.25) is 11.6 Å². The van der Waals surface area contributed by atoms with E-state index >= 15 is 0 Å². The minimum Gasteiger partial charge on any atom is -0.493 e. The molecule has 1 saturated carbocycles. The maximum Gasteiger partial charge on any atom is 0.206 e. The first-order valence-electron chi connectivity index (χ1n) is 11.5. The number of anilines is 1. The molecule has 0 amide bonds. The largest absolute Gasteiger partial charge is 0.493 e. The number of aldehydes is 1. The van der Waals surface area contributed by atoms with Crippen LogP contribution >= 0.6 is 0 Å². The van der Waals surface area contributed by atoms with Gasteiger partial charge in [0.25, 0.3) is 0 Å². The maximum atomic E-state index is 14.2. The summed E-state index contributed by atoms with van der Waals surface area (Å²) < 4.78 is 63.6. The quantitative estimate of drug-likeness (QED) is 0.222. The highest BCUT2D eigenvalue weighted by Crippen LogP contribution is 2.39. The van der Waals surface area contributed by atoms with Gasteiger partial charge in [0.15, 0.2) is 29.4 Å². The zero-order valence-electron chi connectivity index (χ0n) is 20.8. The van der Waals surface area contributed by atoms with Crippen LogP contribution in [-0.4, -0.2) is 43.6 Å². The van der Waals surface area contributed by atoms with E-state index in [0.717, 1.165) is 25.2 Å². The zero-order chi connectivity index (χ0) is 27.2. The normalized spacial score (nSPS) is 12.3. The summed E-state index contributed by atoms with van der Waals surface area (Å²) in [6, 6.07) is 7.11. The number of ether oxygens (including phenoxy) is 4. The van der Waals surface area contributed by atoms with Crippen LogP contribution in [0.2, 0.25) is 0 Å². The molecule has 8 nitrogen and oxygen atoms in total. The number of nitrogens with zero attached hydrogens (tertiary/aromatic N) is 2. The molecular formula is C27H24F3N3O5. The Labute approximate surface area is 216 Å². The van der Waals surface area contributed by atoms with Gasteiger partial charge < -0.3 is 24.3 Å². The van der Waals surface area contributed by atoms with Crippen LogP contribution in [0.5, 0.6) is 28.7 Å². The predicted molar refractivity (Wildman–Crippen MR) is 134 cm³/mol. The Morgan fingerprint density at radius 3 is 2.32 bits per heavy atom. The monoisotopic (exact) mass is 527 g/mol. The molecule has 0 unspecified atom stereocenters. The van der Waals surface area contributed by atoms with Crippen molar-refractivity contribution in [2.24, 2.45) is 0 Å². The Morgan fingerprint density at radius 1 is 0.947 bits per heavy atom. The second kappa shape index (κ2) is 11.7. The molecule has 0 saturated heterocycles. The summed E-state index contributed by atoms with van der Waals surface area (Å²) in [7, 11) is 4.28. The molecule has 1 aliphatic rings. The van der Waals surface area contributed by atoms with E-state index in [1.54, 1.807) is 24.4 Å². The van der Waals surface area contributed by atoms with Crippen molar-refractivity contribution < 1.29 is 36.9 Å². The summed E-state index contributed by atoms with van der Waals surface area (Å²) in [5, 5.41) is 2.79. The fourth-order valence-corrected chi connectivity index (χ4v) is 3.46. The minimum absolute atomic E-state index is 0.0883. The van der Waals surface area contributed by atoms with Gasteiger partial charge in [-0.25, -0.2) is 8.78 Å². The van der Waals surface area contributed by atoms with Gasteiger partial charge in [-0.15, -0.1) is 0 Å².